The lowest BCUT2D eigenvalue weighted by molar-refractivity contribution is 0.210. The standard InChI is InChI=1S/C13H26/c1-5-8-13(4)9-6-7-11(2)12(3)10-13/h11-12H,5-10H2,1-4H3. The van der Waals surface area contributed by atoms with Crippen molar-refractivity contribution in [3.8, 4) is 0 Å². The van der Waals surface area contributed by atoms with Gasteiger partial charge in [-0.2, -0.15) is 0 Å². The Morgan fingerprint density at radius 1 is 1.23 bits per heavy atom. The van der Waals surface area contributed by atoms with Crippen LogP contribution in [0.15, 0.2) is 0 Å². The van der Waals surface area contributed by atoms with E-state index < -0.39 is 0 Å². The Hall–Kier alpha value is 0. The van der Waals surface area contributed by atoms with Crippen molar-refractivity contribution >= 4 is 0 Å². The van der Waals surface area contributed by atoms with E-state index in [4.69, 9.17) is 0 Å². The fourth-order valence-electron chi connectivity index (χ4n) is 3.05. The average Bonchev–Trinajstić information content (AvgIpc) is 2.13. The monoisotopic (exact) mass is 182 g/mol. The molecular weight excluding hydrogens is 156 g/mol. The Bertz CT molecular complexity index is 150. The van der Waals surface area contributed by atoms with Gasteiger partial charge in [0.05, 0.1) is 0 Å². The summed E-state index contributed by atoms with van der Waals surface area (Å²) < 4.78 is 0. The molecule has 0 saturated heterocycles. The van der Waals surface area contributed by atoms with Gasteiger partial charge in [-0.25, -0.2) is 0 Å². The highest BCUT2D eigenvalue weighted by atomic mass is 14.4. The van der Waals surface area contributed by atoms with Crippen LogP contribution in [-0.4, -0.2) is 0 Å². The maximum Gasteiger partial charge on any atom is -0.0323 e. The van der Waals surface area contributed by atoms with Gasteiger partial charge in [0.2, 0.25) is 0 Å². The van der Waals surface area contributed by atoms with Crippen LogP contribution in [0.1, 0.15) is 66.2 Å². The largest absolute Gasteiger partial charge is 0.0654 e. The molecule has 1 rings (SSSR count). The first-order chi connectivity index (χ1) is 6.07. The summed E-state index contributed by atoms with van der Waals surface area (Å²) in [6, 6.07) is 0. The van der Waals surface area contributed by atoms with Crippen LogP contribution < -0.4 is 0 Å². The Morgan fingerprint density at radius 3 is 2.54 bits per heavy atom. The van der Waals surface area contributed by atoms with E-state index in [1.807, 2.05) is 0 Å². The molecule has 1 aliphatic carbocycles. The molecule has 1 fully saturated rings. The maximum atomic E-state index is 2.50. The fraction of sp³-hybridized carbons (Fsp3) is 1.00. The molecule has 1 aliphatic rings. The van der Waals surface area contributed by atoms with Gasteiger partial charge >= 0.3 is 0 Å². The van der Waals surface area contributed by atoms with E-state index in [2.05, 4.69) is 27.7 Å². The topological polar surface area (TPSA) is 0 Å². The van der Waals surface area contributed by atoms with Gasteiger partial charge in [0.15, 0.2) is 0 Å². The van der Waals surface area contributed by atoms with Gasteiger partial charge in [-0.05, 0) is 36.5 Å². The molecule has 1 saturated carbocycles. The molecule has 0 amide bonds. The second kappa shape index (κ2) is 4.48. The summed E-state index contributed by atoms with van der Waals surface area (Å²) in [4.78, 5) is 0. The molecule has 13 heavy (non-hydrogen) atoms. The number of rotatable bonds is 2. The van der Waals surface area contributed by atoms with Crippen LogP contribution in [0.25, 0.3) is 0 Å². The molecule has 0 aromatic heterocycles. The third kappa shape index (κ3) is 3.00. The van der Waals surface area contributed by atoms with Gasteiger partial charge in [0.25, 0.3) is 0 Å². The third-order valence-corrected chi connectivity index (χ3v) is 4.08. The zero-order chi connectivity index (χ0) is 9.90. The minimum absolute atomic E-state index is 0.666. The van der Waals surface area contributed by atoms with Crippen molar-refractivity contribution in [2.75, 3.05) is 0 Å². The summed E-state index contributed by atoms with van der Waals surface area (Å²) in [6.45, 7) is 9.71. The van der Waals surface area contributed by atoms with E-state index in [9.17, 15) is 0 Å². The molecule has 0 bridgehead atoms. The van der Waals surface area contributed by atoms with Crippen molar-refractivity contribution in [3.63, 3.8) is 0 Å². The minimum atomic E-state index is 0.666. The van der Waals surface area contributed by atoms with Crippen molar-refractivity contribution in [1.29, 1.82) is 0 Å². The predicted molar refractivity (Wildman–Crippen MR) is 59.8 cm³/mol. The molecule has 0 aliphatic heterocycles. The average molecular weight is 182 g/mol. The Morgan fingerprint density at radius 2 is 1.92 bits per heavy atom. The fourth-order valence-corrected chi connectivity index (χ4v) is 3.05. The molecule has 3 atom stereocenters. The third-order valence-electron chi connectivity index (χ3n) is 4.08. The van der Waals surface area contributed by atoms with Crippen LogP contribution in [0.3, 0.4) is 0 Å². The molecular formula is C13H26. The van der Waals surface area contributed by atoms with Crippen molar-refractivity contribution in [3.05, 3.63) is 0 Å². The van der Waals surface area contributed by atoms with Crippen LogP contribution in [0.5, 0.6) is 0 Å². The van der Waals surface area contributed by atoms with Gasteiger partial charge in [-0.15, -0.1) is 0 Å². The van der Waals surface area contributed by atoms with E-state index in [0.717, 1.165) is 11.8 Å². The van der Waals surface area contributed by atoms with Crippen LogP contribution in [0.4, 0.5) is 0 Å². The van der Waals surface area contributed by atoms with Gasteiger partial charge in [-0.3, -0.25) is 0 Å². The smallest absolute Gasteiger partial charge is 0.0323 e. The van der Waals surface area contributed by atoms with Crippen LogP contribution >= 0.6 is 0 Å². The van der Waals surface area contributed by atoms with Crippen LogP contribution in [-0.2, 0) is 0 Å². The normalized spacial score (nSPS) is 41.5. The van der Waals surface area contributed by atoms with Crippen molar-refractivity contribution in [2.45, 2.75) is 66.2 Å². The highest BCUT2D eigenvalue weighted by Crippen LogP contribution is 2.42. The minimum Gasteiger partial charge on any atom is -0.0654 e. The SMILES string of the molecule is CCCC1(C)CCCC(C)C(C)C1. The molecule has 0 nitrogen and oxygen atoms in total. The molecule has 0 radical (unpaired) electrons. The second-order valence-electron chi connectivity index (χ2n) is 5.61. The summed E-state index contributed by atoms with van der Waals surface area (Å²) in [5, 5.41) is 0. The molecule has 0 N–H and O–H groups in total. The van der Waals surface area contributed by atoms with Gasteiger partial charge < -0.3 is 0 Å². The molecule has 0 aromatic carbocycles. The molecule has 0 heteroatoms. The van der Waals surface area contributed by atoms with Gasteiger partial charge in [0.1, 0.15) is 0 Å². The molecule has 0 heterocycles. The van der Waals surface area contributed by atoms with E-state index in [-0.39, 0.29) is 0 Å². The first-order valence-electron chi connectivity index (χ1n) is 6.07. The van der Waals surface area contributed by atoms with E-state index in [0.29, 0.717) is 5.41 Å². The Balaban J connectivity index is 2.56. The van der Waals surface area contributed by atoms with Crippen molar-refractivity contribution in [1.82, 2.24) is 0 Å². The van der Waals surface area contributed by atoms with Gasteiger partial charge in [0, 0.05) is 0 Å². The Kier molecular flexibility index (Phi) is 3.82. The van der Waals surface area contributed by atoms with E-state index in [1.165, 1.54) is 38.5 Å². The maximum absolute atomic E-state index is 2.50. The molecule has 78 valence electrons. The summed E-state index contributed by atoms with van der Waals surface area (Å²) in [5.74, 6) is 1.90. The van der Waals surface area contributed by atoms with Crippen molar-refractivity contribution < 1.29 is 0 Å². The zero-order valence-corrected chi connectivity index (χ0v) is 9.90. The quantitative estimate of drug-likeness (QED) is 0.546. The lowest BCUT2D eigenvalue weighted by Gasteiger charge is -2.30. The number of hydrogen-bond donors (Lipinski definition) is 0. The van der Waals surface area contributed by atoms with E-state index >= 15 is 0 Å². The van der Waals surface area contributed by atoms with Crippen LogP contribution in [0.2, 0.25) is 0 Å². The van der Waals surface area contributed by atoms with Gasteiger partial charge in [-0.1, -0.05) is 47.0 Å². The zero-order valence-electron chi connectivity index (χ0n) is 9.90. The second-order valence-corrected chi connectivity index (χ2v) is 5.61. The van der Waals surface area contributed by atoms with Crippen LogP contribution in [0, 0.1) is 17.3 Å². The highest BCUT2D eigenvalue weighted by molar-refractivity contribution is 4.81. The molecule has 0 aromatic rings. The summed E-state index contributed by atoms with van der Waals surface area (Å²) >= 11 is 0. The summed E-state index contributed by atoms with van der Waals surface area (Å²) in [7, 11) is 0. The lowest BCUT2D eigenvalue weighted by atomic mass is 9.75. The molecule has 0 spiro atoms. The number of hydrogen-bond acceptors (Lipinski definition) is 0. The summed E-state index contributed by atoms with van der Waals surface area (Å²) in [5.41, 5.74) is 0.666. The first-order valence-corrected chi connectivity index (χ1v) is 6.07. The Labute approximate surface area is 84.1 Å². The first kappa shape index (κ1) is 11.1. The van der Waals surface area contributed by atoms with Crippen molar-refractivity contribution in [2.24, 2.45) is 17.3 Å². The predicted octanol–water partition coefficient (Wildman–Crippen LogP) is 4.64. The lowest BCUT2D eigenvalue weighted by Crippen LogP contribution is -2.19. The highest BCUT2D eigenvalue weighted by Gasteiger charge is 2.30. The van der Waals surface area contributed by atoms with E-state index in [1.54, 1.807) is 0 Å². The summed E-state index contributed by atoms with van der Waals surface area (Å²) in [6.07, 6.45) is 8.64. The molecule has 3 unspecified atom stereocenters.